The Hall–Kier alpha value is -3.59. The van der Waals surface area contributed by atoms with Crippen LogP contribution in [0.1, 0.15) is 73.7 Å². The Morgan fingerprint density at radius 3 is 2.79 bits per heavy atom. The molecule has 3 aliphatic rings. The molecular weight excluding hydrogens is 486 g/mol. The summed E-state index contributed by atoms with van der Waals surface area (Å²) in [6.45, 7) is 2.58. The maximum Gasteiger partial charge on any atom is 0.414 e. The number of carboxylic acid groups (broad SMARTS) is 1. The number of aryl methyl sites for hydroxylation is 1. The second-order valence-corrected chi connectivity index (χ2v) is 10.7. The summed E-state index contributed by atoms with van der Waals surface area (Å²) in [7, 11) is 1.38. The van der Waals surface area contributed by atoms with Gasteiger partial charge in [-0.15, -0.1) is 0 Å². The minimum Gasteiger partial charge on any atom is -0.493 e. The number of fused-ring (bicyclic) bond motifs is 4. The van der Waals surface area contributed by atoms with E-state index < -0.39 is 24.1 Å². The van der Waals surface area contributed by atoms with E-state index in [1.165, 1.54) is 7.11 Å². The van der Waals surface area contributed by atoms with Gasteiger partial charge in [-0.2, -0.15) is 0 Å². The van der Waals surface area contributed by atoms with Gasteiger partial charge < -0.3 is 24.3 Å². The van der Waals surface area contributed by atoms with Crippen LogP contribution in [0.25, 0.3) is 11.0 Å². The van der Waals surface area contributed by atoms with Crippen molar-refractivity contribution in [3.05, 3.63) is 52.8 Å². The molecule has 3 aromatic rings. The lowest BCUT2D eigenvalue weighted by molar-refractivity contribution is -0.143. The van der Waals surface area contributed by atoms with E-state index >= 15 is 0 Å². The Balaban J connectivity index is 1.54. The largest absolute Gasteiger partial charge is 0.493 e. The summed E-state index contributed by atoms with van der Waals surface area (Å²) in [5.41, 5.74) is 5.03. The van der Waals surface area contributed by atoms with Gasteiger partial charge in [0.25, 0.3) is 0 Å². The number of amides is 1. The Labute approximate surface area is 221 Å². The molecule has 200 valence electrons. The van der Waals surface area contributed by atoms with Crippen LogP contribution in [-0.4, -0.2) is 51.6 Å². The molecule has 38 heavy (non-hydrogen) atoms. The molecule has 2 N–H and O–H groups in total. The van der Waals surface area contributed by atoms with E-state index in [2.05, 4.69) is 4.57 Å². The lowest BCUT2D eigenvalue weighted by Crippen LogP contribution is -2.42. The van der Waals surface area contributed by atoms with Crippen LogP contribution < -0.4 is 9.64 Å². The predicted molar refractivity (Wildman–Crippen MR) is 141 cm³/mol. The van der Waals surface area contributed by atoms with Crippen LogP contribution in [0, 0.1) is 5.92 Å². The number of para-hydroxylation sites is 1. The molecule has 1 saturated carbocycles. The van der Waals surface area contributed by atoms with Crippen LogP contribution in [0.4, 0.5) is 10.5 Å². The minimum atomic E-state index is -1.05. The highest BCUT2D eigenvalue weighted by molar-refractivity contribution is 5.95. The molecule has 4 atom stereocenters. The summed E-state index contributed by atoms with van der Waals surface area (Å²) in [6.07, 6.45) is 3.56. The normalized spacial score (nSPS) is 23.4. The first-order valence-corrected chi connectivity index (χ1v) is 13.4. The average Bonchev–Trinajstić information content (AvgIpc) is 3.57. The number of carbonyl (C=O) groups is 2. The Morgan fingerprint density at radius 2 is 2.00 bits per heavy atom. The number of aliphatic hydroxyl groups excluding tert-OH is 1. The van der Waals surface area contributed by atoms with Crippen LogP contribution in [-0.2, 0) is 22.4 Å². The van der Waals surface area contributed by atoms with Crippen molar-refractivity contribution in [1.82, 2.24) is 9.55 Å². The number of anilines is 1. The van der Waals surface area contributed by atoms with Crippen molar-refractivity contribution >= 4 is 28.8 Å². The van der Waals surface area contributed by atoms with Gasteiger partial charge in [-0.05, 0) is 56.7 Å². The van der Waals surface area contributed by atoms with E-state index in [1.807, 2.05) is 37.3 Å². The van der Waals surface area contributed by atoms with Gasteiger partial charge in [-0.25, -0.2) is 9.78 Å². The molecule has 0 bridgehead atoms. The molecular formula is C29H33N3O6. The van der Waals surface area contributed by atoms with Gasteiger partial charge in [-0.1, -0.05) is 24.6 Å². The Morgan fingerprint density at radius 1 is 1.16 bits per heavy atom. The van der Waals surface area contributed by atoms with E-state index in [9.17, 15) is 19.8 Å². The van der Waals surface area contributed by atoms with Crippen molar-refractivity contribution in [2.45, 2.75) is 70.1 Å². The number of carboxylic acids is 1. The number of aromatic nitrogens is 2. The van der Waals surface area contributed by atoms with Crippen molar-refractivity contribution < 1.29 is 29.3 Å². The SMILES string of the molecule is COC(=O)N1c2ccc3c(nc([C@@H](O)c4cccc5c4OCC5)n3[C@@H]3CCC[C@@H](C(=O)O)C3)c2CC[C@@H]1C. The summed E-state index contributed by atoms with van der Waals surface area (Å²) in [5, 5.41) is 21.6. The minimum absolute atomic E-state index is 0.0155. The van der Waals surface area contributed by atoms with Crippen LogP contribution >= 0.6 is 0 Å². The summed E-state index contributed by atoms with van der Waals surface area (Å²) < 4.78 is 13.0. The number of rotatable bonds is 4. The zero-order valence-corrected chi connectivity index (χ0v) is 21.7. The van der Waals surface area contributed by atoms with Gasteiger partial charge >= 0.3 is 12.1 Å². The second-order valence-electron chi connectivity index (χ2n) is 10.7. The number of benzene rings is 2. The molecule has 3 heterocycles. The molecule has 0 saturated heterocycles. The number of ether oxygens (including phenoxy) is 2. The van der Waals surface area contributed by atoms with Crippen LogP contribution in [0.15, 0.2) is 30.3 Å². The maximum absolute atomic E-state index is 12.7. The third kappa shape index (κ3) is 3.91. The third-order valence-electron chi connectivity index (χ3n) is 8.50. The molecule has 6 rings (SSSR count). The predicted octanol–water partition coefficient (Wildman–Crippen LogP) is 4.78. The lowest BCUT2D eigenvalue weighted by Gasteiger charge is -2.34. The third-order valence-corrected chi connectivity index (χ3v) is 8.50. The number of imidazole rings is 1. The zero-order valence-electron chi connectivity index (χ0n) is 21.7. The van der Waals surface area contributed by atoms with Crippen molar-refractivity contribution in [1.29, 1.82) is 0 Å². The molecule has 1 fully saturated rings. The van der Waals surface area contributed by atoms with Gasteiger partial charge in [0.15, 0.2) is 0 Å². The highest BCUT2D eigenvalue weighted by Gasteiger charge is 2.36. The van der Waals surface area contributed by atoms with Crippen molar-refractivity contribution in [3.63, 3.8) is 0 Å². The quantitative estimate of drug-likeness (QED) is 0.510. The molecule has 1 amide bonds. The summed E-state index contributed by atoms with van der Waals surface area (Å²) in [5.74, 6) is -0.0284. The topological polar surface area (TPSA) is 114 Å². The first kappa shape index (κ1) is 24.7. The first-order chi connectivity index (χ1) is 18.4. The first-order valence-electron chi connectivity index (χ1n) is 13.4. The Kier molecular flexibility index (Phi) is 6.26. The van der Waals surface area contributed by atoms with Gasteiger partial charge in [0.2, 0.25) is 0 Å². The Bertz CT molecular complexity index is 1420. The number of aliphatic carboxylic acids is 1. The summed E-state index contributed by atoms with van der Waals surface area (Å²) >= 11 is 0. The lowest BCUT2D eigenvalue weighted by atomic mass is 9.85. The zero-order chi connectivity index (χ0) is 26.6. The van der Waals surface area contributed by atoms with Crippen LogP contribution in [0.2, 0.25) is 0 Å². The fourth-order valence-corrected chi connectivity index (χ4v) is 6.59. The van der Waals surface area contributed by atoms with Crippen molar-refractivity contribution in [2.24, 2.45) is 5.92 Å². The summed E-state index contributed by atoms with van der Waals surface area (Å²) in [4.78, 5) is 31.3. The number of hydrogen-bond acceptors (Lipinski definition) is 6. The van der Waals surface area contributed by atoms with E-state index in [-0.39, 0.29) is 12.1 Å². The molecule has 2 aliphatic heterocycles. The van der Waals surface area contributed by atoms with E-state index in [1.54, 1.807) is 4.90 Å². The molecule has 9 heteroatoms. The standard InChI is InChI=1S/C29H33N3O6/c1-16-9-10-20-22(31(16)29(36)37-2)11-12-23-24(20)30-27(32(23)19-7-3-6-18(15-19)28(34)35)25(33)21-8-4-5-17-13-14-38-26(17)21/h4-5,8,11-12,16,18-19,25,33H,3,6-7,9-10,13-15H2,1-2H3,(H,34,35)/t16-,18+,19+,25-/m0/s1. The molecule has 1 aromatic heterocycles. The number of methoxy groups -OCH3 is 1. The monoisotopic (exact) mass is 519 g/mol. The van der Waals surface area contributed by atoms with Gasteiger partial charge in [0, 0.05) is 29.6 Å². The van der Waals surface area contributed by atoms with Crippen molar-refractivity contribution in [2.75, 3.05) is 18.6 Å². The summed E-state index contributed by atoms with van der Waals surface area (Å²) in [6, 6.07) is 9.56. The fraction of sp³-hybridized carbons (Fsp3) is 0.483. The molecule has 9 nitrogen and oxygen atoms in total. The van der Waals surface area contributed by atoms with E-state index in [0.717, 1.165) is 60.0 Å². The smallest absolute Gasteiger partial charge is 0.414 e. The number of aliphatic hydroxyl groups is 1. The molecule has 0 unspecified atom stereocenters. The van der Waals surface area contributed by atoms with Crippen molar-refractivity contribution in [3.8, 4) is 5.75 Å². The molecule has 0 radical (unpaired) electrons. The maximum atomic E-state index is 12.7. The highest BCUT2D eigenvalue weighted by Crippen LogP contribution is 2.43. The molecule has 1 aliphatic carbocycles. The van der Waals surface area contributed by atoms with Gasteiger partial charge in [0.05, 0.1) is 36.4 Å². The number of hydrogen-bond donors (Lipinski definition) is 2. The van der Waals surface area contributed by atoms with Crippen LogP contribution in [0.5, 0.6) is 5.75 Å². The van der Waals surface area contributed by atoms with Crippen LogP contribution in [0.3, 0.4) is 0 Å². The molecule has 2 aromatic carbocycles. The average molecular weight is 520 g/mol. The fourth-order valence-electron chi connectivity index (χ4n) is 6.59. The van der Waals surface area contributed by atoms with E-state index in [0.29, 0.717) is 36.6 Å². The second kappa shape index (κ2) is 9.62. The highest BCUT2D eigenvalue weighted by atomic mass is 16.5. The van der Waals surface area contributed by atoms with Gasteiger partial charge in [-0.3, -0.25) is 9.69 Å². The molecule has 0 spiro atoms. The van der Waals surface area contributed by atoms with Gasteiger partial charge in [0.1, 0.15) is 17.7 Å². The number of carbonyl (C=O) groups excluding carboxylic acids is 1. The van der Waals surface area contributed by atoms with E-state index in [4.69, 9.17) is 14.5 Å². The number of nitrogens with zero attached hydrogens (tertiary/aromatic N) is 3.